The molecule has 1 saturated carbocycles. The monoisotopic (exact) mass is 194 g/mol. The first-order valence-electron chi connectivity index (χ1n) is 4.97. The summed E-state index contributed by atoms with van der Waals surface area (Å²) >= 11 is 0. The van der Waals surface area contributed by atoms with Crippen LogP contribution in [0.4, 0.5) is 0 Å². The van der Waals surface area contributed by atoms with E-state index >= 15 is 0 Å². The first kappa shape index (κ1) is 9.40. The Balaban J connectivity index is 1.95. The van der Waals surface area contributed by atoms with Crippen molar-refractivity contribution >= 4 is 0 Å². The van der Waals surface area contributed by atoms with Crippen molar-refractivity contribution in [2.24, 2.45) is 0 Å². The molecule has 1 N–H and O–H groups in total. The van der Waals surface area contributed by atoms with E-state index in [0.717, 1.165) is 12.8 Å². The van der Waals surface area contributed by atoms with Gasteiger partial charge < -0.3 is 9.84 Å². The minimum absolute atomic E-state index is 0.0241. The fraction of sp³-hybridized carbons (Fsp3) is 0.600. The highest BCUT2D eigenvalue weighted by molar-refractivity contribution is 5.06. The summed E-state index contributed by atoms with van der Waals surface area (Å²) in [5.41, 5.74) is 0.712. The van der Waals surface area contributed by atoms with E-state index in [9.17, 15) is 0 Å². The van der Waals surface area contributed by atoms with Crippen molar-refractivity contribution in [1.82, 2.24) is 9.97 Å². The van der Waals surface area contributed by atoms with Crippen LogP contribution >= 0.6 is 0 Å². The Morgan fingerprint density at radius 2 is 1.93 bits per heavy atom. The van der Waals surface area contributed by atoms with Gasteiger partial charge in [0.25, 0.3) is 0 Å². The van der Waals surface area contributed by atoms with Crippen LogP contribution in [0.5, 0.6) is 6.01 Å². The van der Waals surface area contributed by atoms with Gasteiger partial charge in [-0.05, 0) is 25.7 Å². The van der Waals surface area contributed by atoms with Crippen molar-refractivity contribution < 1.29 is 9.84 Å². The average molecular weight is 194 g/mol. The minimum atomic E-state index is -0.0241. The van der Waals surface area contributed by atoms with Gasteiger partial charge in [-0.25, -0.2) is 9.97 Å². The van der Waals surface area contributed by atoms with Crippen LogP contribution in [0.25, 0.3) is 0 Å². The zero-order chi connectivity index (χ0) is 9.80. The maximum absolute atomic E-state index is 8.79. The predicted octanol–water partition coefficient (Wildman–Crippen LogP) is 1.29. The van der Waals surface area contributed by atoms with Crippen molar-refractivity contribution in [3.05, 3.63) is 18.0 Å². The number of nitrogens with zero attached hydrogens (tertiary/aromatic N) is 2. The van der Waals surface area contributed by atoms with Crippen LogP contribution in [-0.4, -0.2) is 21.2 Å². The van der Waals surface area contributed by atoms with Crippen LogP contribution in [0.3, 0.4) is 0 Å². The lowest BCUT2D eigenvalue weighted by molar-refractivity contribution is 0.191. The van der Waals surface area contributed by atoms with Crippen molar-refractivity contribution in [3.8, 4) is 6.01 Å². The van der Waals surface area contributed by atoms with Gasteiger partial charge in [0.2, 0.25) is 0 Å². The highest BCUT2D eigenvalue weighted by Crippen LogP contribution is 2.21. The lowest BCUT2D eigenvalue weighted by Crippen LogP contribution is -2.12. The molecule has 1 aromatic heterocycles. The van der Waals surface area contributed by atoms with E-state index in [1.54, 1.807) is 12.4 Å². The largest absolute Gasteiger partial charge is 0.460 e. The number of hydrogen-bond donors (Lipinski definition) is 1. The molecule has 0 saturated heterocycles. The summed E-state index contributed by atoms with van der Waals surface area (Å²) in [5, 5.41) is 8.79. The minimum Gasteiger partial charge on any atom is -0.460 e. The second kappa shape index (κ2) is 4.37. The molecule has 0 unspecified atom stereocenters. The molecule has 1 aliphatic carbocycles. The van der Waals surface area contributed by atoms with Gasteiger partial charge in [-0.1, -0.05) is 0 Å². The van der Waals surface area contributed by atoms with Crippen molar-refractivity contribution in [2.45, 2.75) is 38.4 Å². The highest BCUT2D eigenvalue weighted by Gasteiger charge is 2.17. The highest BCUT2D eigenvalue weighted by atomic mass is 16.5. The fourth-order valence-corrected chi connectivity index (χ4v) is 1.64. The van der Waals surface area contributed by atoms with E-state index in [0.29, 0.717) is 11.6 Å². The summed E-state index contributed by atoms with van der Waals surface area (Å²) in [6, 6.07) is 0.425. The lowest BCUT2D eigenvalue weighted by atomic mass is 10.3. The van der Waals surface area contributed by atoms with Gasteiger partial charge in [-0.2, -0.15) is 0 Å². The Kier molecular flexibility index (Phi) is 2.93. The number of aromatic nitrogens is 2. The standard InChI is InChI=1S/C10H14N2O2/c13-7-8-5-11-10(12-6-8)14-9-3-1-2-4-9/h5-6,9,13H,1-4,7H2. The second-order valence-corrected chi connectivity index (χ2v) is 3.56. The molecule has 0 aliphatic heterocycles. The molecule has 76 valence electrons. The topological polar surface area (TPSA) is 55.2 Å². The maximum atomic E-state index is 8.79. The summed E-state index contributed by atoms with van der Waals surface area (Å²) in [6.07, 6.45) is 8.15. The zero-order valence-electron chi connectivity index (χ0n) is 8.02. The second-order valence-electron chi connectivity index (χ2n) is 3.56. The molecule has 1 aliphatic rings. The van der Waals surface area contributed by atoms with Crippen LogP contribution in [-0.2, 0) is 6.61 Å². The number of aliphatic hydroxyl groups is 1. The van der Waals surface area contributed by atoms with E-state index < -0.39 is 0 Å². The molecular formula is C10H14N2O2. The van der Waals surface area contributed by atoms with Gasteiger partial charge >= 0.3 is 6.01 Å². The summed E-state index contributed by atoms with van der Waals surface area (Å²) < 4.78 is 5.57. The van der Waals surface area contributed by atoms with Gasteiger partial charge in [-0.15, -0.1) is 0 Å². The summed E-state index contributed by atoms with van der Waals surface area (Å²) in [4.78, 5) is 8.04. The summed E-state index contributed by atoms with van der Waals surface area (Å²) in [5.74, 6) is 0. The smallest absolute Gasteiger partial charge is 0.316 e. The van der Waals surface area contributed by atoms with Gasteiger partial charge in [0.15, 0.2) is 0 Å². The van der Waals surface area contributed by atoms with Crippen LogP contribution in [0.2, 0.25) is 0 Å². The number of ether oxygens (including phenoxy) is 1. The first-order valence-corrected chi connectivity index (χ1v) is 4.97. The number of hydrogen-bond acceptors (Lipinski definition) is 4. The Labute approximate surface area is 83.0 Å². The number of rotatable bonds is 3. The third-order valence-corrected chi connectivity index (χ3v) is 2.44. The number of aliphatic hydroxyl groups excluding tert-OH is 1. The maximum Gasteiger partial charge on any atom is 0.316 e. The van der Waals surface area contributed by atoms with Gasteiger partial charge in [0, 0.05) is 18.0 Å². The van der Waals surface area contributed by atoms with Crippen LogP contribution < -0.4 is 4.74 Å². The van der Waals surface area contributed by atoms with Crippen molar-refractivity contribution in [1.29, 1.82) is 0 Å². The normalized spacial score (nSPS) is 17.2. The molecule has 1 aromatic rings. The Hall–Kier alpha value is -1.16. The summed E-state index contributed by atoms with van der Waals surface area (Å²) in [7, 11) is 0. The zero-order valence-corrected chi connectivity index (χ0v) is 8.02. The molecular weight excluding hydrogens is 180 g/mol. The van der Waals surface area contributed by atoms with E-state index in [-0.39, 0.29) is 12.7 Å². The summed E-state index contributed by atoms with van der Waals surface area (Å²) in [6.45, 7) is -0.0241. The van der Waals surface area contributed by atoms with Crippen LogP contribution in [0.1, 0.15) is 31.2 Å². The molecule has 0 spiro atoms. The van der Waals surface area contributed by atoms with Gasteiger partial charge in [0.05, 0.1) is 6.61 Å². The van der Waals surface area contributed by atoms with E-state index in [4.69, 9.17) is 9.84 Å². The Bertz CT molecular complexity index is 281. The SMILES string of the molecule is OCc1cnc(OC2CCCC2)nc1. The fourth-order valence-electron chi connectivity index (χ4n) is 1.64. The predicted molar refractivity (Wildman–Crippen MR) is 50.8 cm³/mol. The molecule has 1 heterocycles. The first-order chi connectivity index (χ1) is 6.88. The van der Waals surface area contributed by atoms with Crippen LogP contribution in [0.15, 0.2) is 12.4 Å². The molecule has 1 fully saturated rings. The van der Waals surface area contributed by atoms with Crippen molar-refractivity contribution in [3.63, 3.8) is 0 Å². The molecule has 4 heteroatoms. The Morgan fingerprint density at radius 3 is 2.50 bits per heavy atom. The molecule has 0 aromatic carbocycles. The van der Waals surface area contributed by atoms with Gasteiger partial charge in [0.1, 0.15) is 6.10 Å². The van der Waals surface area contributed by atoms with Gasteiger partial charge in [-0.3, -0.25) is 0 Å². The quantitative estimate of drug-likeness (QED) is 0.787. The molecule has 0 amide bonds. The third-order valence-electron chi connectivity index (χ3n) is 2.44. The molecule has 0 radical (unpaired) electrons. The van der Waals surface area contributed by atoms with E-state index in [1.807, 2.05) is 0 Å². The van der Waals surface area contributed by atoms with Crippen LogP contribution in [0, 0.1) is 0 Å². The molecule has 0 bridgehead atoms. The molecule has 2 rings (SSSR count). The molecule has 14 heavy (non-hydrogen) atoms. The lowest BCUT2D eigenvalue weighted by Gasteiger charge is -2.10. The average Bonchev–Trinajstić information content (AvgIpc) is 2.72. The van der Waals surface area contributed by atoms with Crippen molar-refractivity contribution in [2.75, 3.05) is 0 Å². The van der Waals surface area contributed by atoms with E-state index in [1.165, 1.54) is 12.8 Å². The Morgan fingerprint density at radius 1 is 1.29 bits per heavy atom. The third kappa shape index (κ3) is 2.20. The molecule has 0 atom stereocenters. The van der Waals surface area contributed by atoms with E-state index in [2.05, 4.69) is 9.97 Å². The molecule has 4 nitrogen and oxygen atoms in total.